The fraction of sp³-hybridized carbons (Fsp3) is 0.0833. The third-order valence-electron chi connectivity index (χ3n) is 4.13. The molecular weight excluding hydrogens is 384 g/mol. The average Bonchev–Trinajstić information content (AvgIpc) is 2.71. The van der Waals surface area contributed by atoms with Gasteiger partial charge < -0.3 is 10.1 Å². The van der Waals surface area contributed by atoms with E-state index in [1.807, 2.05) is 43.3 Å². The van der Waals surface area contributed by atoms with Crippen LogP contribution in [0.2, 0.25) is 5.02 Å². The minimum absolute atomic E-state index is 0.00148. The summed E-state index contributed by atoms with van der Waals surface area (Å²) >= 11 is 5.92. The van der Waals surface area contributed by atoms with E-state index in [1.165, 1.54) is 11.6 Å². The molecule has 144 valence electrons. The Morgan fingerprint density at radius 3 is 2.55 bits per heavy atom. The second-order valence-electron chi connectivity index (χ2n) is 6.48. The number of hydrogen-bond acceptors (Lipinski definition) is 3. The predicted molar refractivity (Wildman–Crippen MR) is 116 cm³/mol. The quantitative estimate of drug-likeness (QED) is 0.420. The smallest absolute Gasteiger partial charge is 0.266 e. The number of carbonyl (C=O) groups excluding carboxylic acids is 1. The Morgan fingerprint density at radius 1 is 1.10 bits per heavy atom. The van der Waals surface area contributed by atoms with Crippen LogP contribution in [0.5, 0.6) is 5.75 Å². The Morgan fingerprint density at radius 2 is 1.86 bits per heavy atom. The molecule has 3 aromatic carbocycles. The Kier molecular flexibility index (Phi) is 6.67. The van der Waals surface area contributed by atoms with Crippen molar-refractivity contribution in [1.82, 2.24) is 0 Å². The van der Waals surface area contributed by atoms with Gasteiger partial charge in [-0.2, -0.15) is 5.26 Å². The van der Waals surface area contributed by atoms with Crippen molar-refractivity contribution in [3.63, 3.8) is 0 Å². The monoisotopic (exact) mass is 402 g/mol. The number of hydrogen-bond donors (Lipinski definition) is 1. The van der Waals surface area contributed by atoms with Crippen molar-refractivity contribution < 1.29 is 9.53 Å². The molecule has 0 saturated carbocycles. The number of anilines is 1. The van der Waals surface area contributed by atoms with Gasteiger partial charge in [-0.1, -0.05) is 59.6 Å². The standard InChI is InChI=1S/C24H19ClN2O2/c1-17-4-2-5-19(12-17)16-29-23-10-8-18(9-11-23)13-20(15-26)24(28)27-22-7-3-6-21(25)14-22/h2-14H,16H2,1H3,(H,27,28)/b20-13+. The first-order valence-corrected chi connectivity index (χ1v) is 9.38. The van der Waals surface area contributed by atoms with E-state index in [4.69, 9.17) is 16.3 Å². The molecule has 3 rings (SSSR count). The van der Waals surface area contributed by atoms with Crippen LogP contribution in [0.25, 0.3) is 6.08 Å². The third-order valence-corrected chi connectivity index (χ3v) is 4.36. The van der Waals surface area contributed by atoms with E-state index in [9.17, 15) is 10.1 Å². The van der Waals surface area contributed by atoms with Crippen molar-refractivity contribution in [2.45, 2.75) is 13.5 Å². The van der Waals surface area contributed by atoms with E-state index >= 15 is 0 Å². The molecule has 3 aromatic rings. The van der Waals surface area contributed by atoms with Gasteiger partial charge in [0.05, 0.1) is 0 Å². The lowest BCUT2D eigenvalue weighted by Crippen LogP contribution is -2.13. The molecule has 0 saturated heterocycles. The molecule has 0 aromatic heterocycles. The van der Waals surface area contributed by atoms with E-state index in [-0.39, 0.29) is 5.57 Å². The normalized spacial score (nSPS) is 10.9. The lowest BCUT2D eigenvalue weighted by molar-refractivity contribution is -0.112. The van der Waals surface area contributed by atoms with Gasteiger partial charge in [0.2, 0.25) is 0 Å². The van der Waals surface area contributed by atoms with E-state index in [0.29, 0.717) is 23.1 Å². The van der Waals surface area contributed by atoms with Crippen LogP contribution in [0.3, 0.4) is 0 Å². The van der Waals surface area contributed by atoms with Crippen LogP contribution in [-0.4, -0.2) is 5.91 Å². The number of nitrogens with one attached hydrogen (secondary N) is 1. The predicted octanol–water partition coefficient (Wildman–Crippen LogP) is 5.77. The number of carbonyl (C=O) groups is 1. The Hall–Kier alpha value is -3.55. The number of ether oxygens (including phenoxy) is 1. The summed E-state index contributed by atoms with van der Waals surface area (Å²) in [5.41, 5.74) is 3.54. The fourth-order valence-corrected chi connectivity index (χ4v) is 2.90. The summed E-state index contributed by atoms with van der Waals surface area (Å²) in [7, 11) is 0. The highest BCUT2D eigenvalue weighted by Gasteiger charge is 2.10. The summed E-state index contributed by atoms with van der Waals surface area (Å²) in [5, 5.41) is 12.5. The lowest BCUT2D eigenvalue weighted by Gasteiger charge is -2.07. The van der Waals surface area contributed by atoms with E-state index in [0.717, 1.165) is 11.1 Å². The van der Waals surface area contributed by atoms with Gasteiger partial charge in [0.15, 0.2) is 0 Å². The number of amides is 1. The molecule has 0 aliphatic heterocycles. The molecule has 0 aliphatic rings. The molecule has 0 fully saturated rings. The SMILES string of the molecule is Cc1cccc(COc2ccc(/C=C(\C#N)C(=O)Nc3cccc(Cl)c3)cc2)c1. The van der Waals surface area contributed by atoms with E-state index in [1.54, 1.807) is 36.4 Å². The molecule has 1 N–H and O–H groups in total. The van der Waals surface area contributed by atoms with Crippen molar-refractivity contribution >= 4 is 29.3 Å². The number of benzene rings is 3. The zero-order valence-electron chi connectivity index (χ0n) is 15.9. The van der Waals surface area contributed by atoms with E-state index < -0.39 is 5.91 Å². The molecule has 0 aliphatic carbocycles. The fourth-order valence-electron chi connectivity index (χ4n) is 2.71. The minimum atomic E-state index is -0.491. The second-order valence-corrected chi connectivity index (χ2v) is 6.92. The number of halogens is 1. The van der Waals surface area contributed by atoms with Crippen molar-refractivity contribution in [3.05, 3.63) is 100 Å². The third kappa shape index (κ3) is 5.97. The zero-order chi connectivity index (χ0) is 20.6. The maximum absolute atomic E-state index is 12.3. The molecule has 1 amide bonds. The van der Waals surface area contributed by atoms with Crippen molar-refractivity contribution in [3.8, 4) is 11.8 Å². The molecule has 5 heteroatoms. The van der Waals surface area contributed by atoms with Crippen molar-refractivity contribution in [1.29, 1.82) is 5.26 Å². The van der Waals surface area contributed by atoms with Gasteiger partial charge in [-0.05, 0) is 54.5 Å². The van der Waals surface area contributed by atoms with Gasteiger partial charge in [-0.25, -0.2) is 0 Å². The molecule has 0 spiro atoms. The highest BCUT2D eigenvalue weighted by molar-refractivity contribution is 6.31. The zero-order valence-corrected chi connectivity index (χ0v) is 16.6. The van der Waals surface area contributed by atoms with Gasteiger partial charge >= 0.3 is 0 Å². The van der Waals surface area contributed by atoms with Gasteiger partial charge in [0.25, 0.3) is 5.91 Å². The van der Waals surface area contributed by atoms with Crippen LogP contribution in [0, 0.1) is 18.3 Å². The van der Waals surface area contributed by atoms with Crippen LogP contribution in [0.1, 0.15) is 16.7 Å². The lowest BCUT2D eigenvalue weighted by atomic mass is 10.1. The molecule has 0 bridgehead atoms. The first-order valence-electron chi connectivity index (χ1n) is 9.00. The van der Waals surface area contributed by atoms with Crippen molar-refractivity contribution in [2.75, 3.05) is 5.32 Å². The van der Waals surface area contributed by atoms with Crippen molar-refractivity contribution in [2.24, 2.45) is 0 Å². The Balaban J connectivity index is 1.65. The van der Waals surface area contributed by atoms with Gasteiger partial charge in [0, 0.05) is 10.7 Å². The van der Waals surface area contributed by atoms with Crippen LogP contribution < -0.4 is 10.1 Å². The number of rotatable bonds is 6. The molecule has 0 atom stereocenters. The summed E-state index contributed by atoms with van der Waals surface area (Å²) in [6.45, 7) is 2.52. The number of nitrogens with zero attached hydrogens (tertiary/aromatic N) is 1. The summed E-state index contributed by atoms with van der Waals surface area (Å²) in [6, 6.07) is 24.1. The molecule has 4 nitrogen and oxygen atoms in total. The maximum Gasteiger partial charge on any atom is 0.266 e. The van der Waals surface area contributed by atoms with Gasteiger partial charge in [0.1, 0.15) is 24.0 Å². The van der Waals surface area contributed by atoms with Crippen LogP contribution >= 0.6 is 11.6 Å². The van der Waals surface area contributed by atoms with E-state index in [2.05, 4.69) is 11.4 Å². The number of nitriles is 1. The Labute approximate surface area is 175 Å². The molecular formula is C24H19ClN2O2. The largest absolute Gasteiger partial charge is 0.489 e. The minimum Gasteiger partial charge on any atom is -0.489 e. The molecule has 29 heavy (non-hydrogen) atoms. The summed E-state index contributed by atoms with van der Waals surface area (Å²) in [5.74, 6) is 0.222. The molecule has 0 unspecified atom stereocenters. The maximum atomic E-state index is 12.3. The topological polar surface area (TPSA) is 62.1 Å². The average molecular weight is 403 g/mol. The summed E-state index contributed by atoms with van der Waals surface area (Å²) < 4.78 is 5.79. The first kappa shape index (κ1) is 20.2. The molecule has 0 radical (unpaired) electrons. The molecule has 0 heterocycles. The highest BCUT2D eigenvalue weighted by atomic mass is 35.5. The summed E-state index contributed by atoms with van der Waals surface area (Å²) in [4.78, 5) is 12.3. The second kappa shape index (κ2) is 9.59. The number of aryl methyl sites for hydroxylation is 1. The first-order chi connectivity index (χ1) is 14.0. The van der Waals surface area contributed by atoms with Crippen LogP contribution in [0.4, 0.5) is 5.69 Å². The van der Waals surface area contributed by atoms with Crippen LogP contribution in [-0.2, 0) is 11.4 Å². The Bertz CT molecular complexity index is 1080. The van der Waals surface area contributed by atoms with Crippen LogP contribution in [0.15, 0.2) is 78.4 Å². The van der Waals surface area contributed by atoms with Gasteiger partial charge in [-0.3, -0.25) is 4.79 Å². The summed E-state index contributed by atoms with van der Waals surface area (Å²) in [6.07, 6.45) is 1.53. The van der Waals surface area contributed by atoms with Gasteiger partial charge in [-0.15, -0.1) is 0 Å². The highest BCUT2D eigenvalue weighted by Crippen LogP contribution is 2.18.